The Bertz CT molecular complexity index is 923. The molecule has 0 bridgehead atoms. The number of hydrogen-bond acceptors (Lipinski definition) is 2. The zero-order valence-electron chi connectivity index (χ0n) is 11.5. The fourth-order valence-electron chi connectivity index (χ4n) is 2.84. The lowest BCUT2D eigenvalue weighted by atomic mass is 9.96. The van der Waals surface area contributed by atoms with Gasteiger partial charge in [-0.05, 0) is 44.8 Å². The smallest absolute Gasteiger partial charge is 0.0566 e. The third kappa shape index (κ3) is 2.13. The summed E-state index contributed by atoms with van der Waals surface area (Å²) in [6.45, 7) is 0. The number of fused-ring (bicyclic) bond motifs is 2. The highest BCUT2D eigenvalue weighted by Crippen LogP contribution is 2.32. The van der Waals surface area contributed by atoms with E-state index in [1.165, 1.54) is 26.4 Å². The van der Waals surface area contributed by atoms with Crippen LogP contribution < -0.4 is 5.73 Å². The van der Waals surface area contributed by atoms with Gasteiger partial charge in [0.15, 0.2) is 0 Å². The van der Waals surface area contributed by atoms with Crippen molar-refractivity contribution in [2.45, 2.75) is 6.04 Å². The molecule has 0 radical (unpaired) electrons. The van der Waals surface area contributed by atoms with Gasteiger partial charge in [0.25, 0.3) is 0 Å². The second kappa shape index (κ2) is 4.99. The molecule has 0 aliphatic heterocycles. The number of thiophene rings is 1. The summed E-state index contributed by atoms with van der Waals surface area (Å²) in [6, 6.07) is 23.3. The maximum Gasteiger partial charge on any atom is 0.0566 e. The lowest BCUT2D eigenvalue weighted by Crippen LogP contribution is -2.11. The Morgan fingerprint density at radius 3 is 2.48 bits per heavy atom. The Labute approximate surface area is 127 Å². The molecule has 1 atom stereocenters. The van der Waals surface area contributed by atoms with Gasteiger partial charge in [0.05, 0.1) is 6.04 Å². The maximum atomic E-state index is 6.54. The first-order valence-electron chi connectivity index (χ1n) is 7.03. The van der Waals surface area contributed by atoms with Crippen LogP contribution >= 0.6 is 11.3 Å². The summed E-state index contributed by atoms with van der Waals surface area (Å²) in [5.74, 6) is 0. The average molecular weight is 289 g/mol. The van der Waals surface area contributed by atoms with Gasteiger partial charge in [-0.1, -0.05) is 54.6 Å². The van der Waals surface area contributed by atoms with Gasteiger partial charge in [0.2, 0.25) is 0 Å². The van der Waals surface area contributed by atoms with Crippen molar-refractivity contribution in [3.63, 3.8) is 0 Å². The van der Waals surface area contributed by atoms with Crippen LogP contribution in [0.4, 0.5) is 0 Å². The molecule has 0 saturated heterocycles. The van der Waals surface area contributed by atoms with Gasteiger partial charge in [-0.25, -0.2) is 0 Å². The predicted molar refractivity (Wildman–Crippen MR) is 91.8 cm³/mol. The first-order chi connectivity index (χ1) is 10.3. The molecule has 1 nitrogen and oxygen atoms in total. The van der Waals surface area contributed by atoms with Crippen molar-refractivity contribution < 1.29 is 0 Å². The third-order valence-electron chi connectivity index (χ3n) is 3.98. The van der Waals surface area contributed by atoms with Crippen LogP contribution in [0.2, 0.25) is 0 Å². The minimum Gasteiger partial charge on any atom is -0.320 e. The van der Waals surface area contributed by atoms with E-state index < -0.39 is 0 Å². The second-order valence-electron chi connectivity index (χ2n) is 5.27. The normalized spacial score (nSPS) is 12.8. The monoisotopic (exact) mass is 289 g/mol. The van der Waals surface area contributed by atoms with Crippen LogP contribution in [0.25, 0.3) is 20.9 Å². The van der Waals surface area contributed by atoms with Crippen LogP contribution in [-0.4, -0.2) is 0 Å². The van der Waals surface area contributed by atoms with E-state index in [9.17, 15) is 0 Å². The molecule has 0 spiro atoms. The summed E-state index contributed by atoms with van der Waals surface area (Å²) < 4.78 is 1.29. The van der Waals surface area contributed by atoms with Gasteiger partial charge in [-0.2, -0.15) is 0 Å². The highest BCUT2D eigenvalue weighted by atomic mass is 32.1. The van der Waals surface area contributed by atoms with Crippen molar-refractivity contribution in [2.24, 2.45) is 5.73 Å². The quantitative estimate of drug-likeness (QED) is 0.545. The fourth-order valence-corrected chi connectivity index (χ4v) is 3.80. The molecule has 0 aliphatic rings. The van der Waals surface area contributed by atoms with Crippen LogP contribution in [0, 0.1) is 0 Å². The van der Waals surface area contributed by atoms with E-state index in [4.69, 9.17) is 5.73 Å². The average Bonchev–Trinajstić information content (AvgIpc) is 3.02. The predicted octanol–water partition coefficient (Wildman–Crippen LogP) is 5.10. The number of benzene rings is 3. The Morgan fingerprint density at radius 2 is 1.57 bits per heavy atom. The Morgan fingerprint density at radius 1 is 0.762 bits per heavy atom. The van der Waals surface area contributed by atoms with Crippen LogP contribution in [0.1, 0.15) is 17.2 Å². The van der Waals surface area contributed by atoms with E-state index >= 15 is 0 Å². The lowest BCUT2D eigenvalue weighted by Gasteiger charge is -2.14. The molecule has 21 heavy (non-hydrogen) atoms. The van der Waals surface area contributed by atoms with Crippen molar-refractivity contribution in [2.75, 3.05) is 0 Å². The highest BCUT2D eigenvalue weighted by molar-refractivity contribution is 7.17. The molecule has 1 heterocycles. The van der Waals surface area contributed by atoms with Crippen molar-refractivity contribution in [1.82, 2.24) is 0 Å². The van der Waals surface area contributed by atoms with Crippen molar-refractivity contribution in [3.8, 4) is 0 Å². The van der Waals surface area contributed by atoms with Crippen molar-refractivity contribution in [3.05, 3.63) is 83.2 Å². The number of rotatable bonds is 2. The third-order valence-corrected chi connectivity index (χ3v) is 4.96. The van der Waals surface area contributed by atoms with Gasteiger partial charge in [-0.15, -0.1) is 11.3 Å². The summed E-state index contributed by atoms with van der Waals surface area (Å²) in [7, 11) is 0. The van der Waals surface area contributed by atoms with Crippen LogP contribution in [0.3, 0.4) is 0 Å². The number of hydrogen-bond donors (Lipinski definition) is 1. The highest BCUT2D eigenvalue weighted by Gasteiger charge is 2.13. The Hall–Kier alpha value is -2.16. The fraction of sp³-hybridized carbons (Fsp3) is 0.0526. The molecule has 2 N–H and O–H groups in total. The molecule has 0 amide bonds. The summed E-state index contributed by atoms with van der Waals surface area (Å²) >= 11 is 1.76. The van der Waals surface area contributed by atoms with E-state index in [-0.39, 0.29) is 6.04 Å². The van der Waals surface area contributed by atoms with E-state index in [1.807, 2.05) is 0 Å². The first kappa shape index (κ1) is 12.6. The first-order valence-corrected chi connectivity index (χ1v) is 7.91. The number of nitrogens with two attached hydrogens (primary N) is 1. The molecule has 102 valence electrons. The molecular weight excluding hydrogens is 274 g/mol. The molecule has 4 aromatic rings. The lowest BCUT2D eigenvalue weighted by molar-refractivity contribution is 0.884. The zero-order valence-corrected chi connectivity index (χ0v) is 12.3. The summed E-state index contributed by atoms with van der Waals surface area (Å²) in [4.78, 5) is 0. The summed E-state index contributed by atoms with van der Waals surface area (Å²) in [6.07, 6.45) is 0. The van der Waals surface area contributed by atoms with Gasteiger partial charge >= 0.3 is 0 Å². The zero-order chi connectivity index (χ0) is 14.2. The molecule has 1 aromatic heterocycles. The SMILES string of the molecule is NC(c1ccc2ccccc2c1)c1cccc2ccsc12. The molecule has 0 saturated carbocycles. The molecule has 0 aliphatic carbocycles. The van der Waals surface area contributed by atoms with Crippen molar-refractivity contribution in [1.29, 1.82) is 0 Å². The molecule has 4 rings (SSSR count). The van der Waals surface area contributed by atoms with Crippen LogP contribution in [0.15, 0.2) is 72.1 Å². The topological polar surface area (TPSA) is 26.0 Å². The second-order valence-corrected chi connectivity index (χ2v) is 6.19. The van der Waals surface area contributed by atoms with E-state index in [0.717, 1.165) is 5.56 Å². The minimum atomic E-state index is -0.0862. The van der Waals surface area contributed by atoms with Crippen molar-refractivity contribution >= 4 is 32.2 Å². The van der Waals surface area contributed by atoms with E-state index in [0.29, 0.717) is 0 Å². The molecule has 1 unspecified atom stereocenters. The van der Waals surface area contributed by atoms with Gasteiger partial charge in [-0.3, -0.25) is 0 Å². The minimum absolute atomic E-state index is 0.0862. The Kier molecular flexibility index (Phi) is 2.99. The largest absolute Gasteiger partial charge is 0.320 e. The molecule has 2 heteroatoms. The van der Waals surface area contributed by atoms with E-state index in [1.54, 1.807) is 11.3 Å². The molecular formula is C19H15NS. The molecule has 3 aromatic carbocycles. The van der Waals surface area contributed by atoms with E-state index in [2.05, 4.69) is 72.1 Å². The van der Waals surface area contributed by atoms with Crippen LogP contribution in [0.5, 0.6) is 0 Å². The summed E-state index contributed by atoms with van der Waals surface area (Å²) in [5.41, 5.74) is 8.91. The Balaban J connectivity index is 1.85. The maximum absolute atomic E-state index is 6.54. The van der Waals surface area contributed by atoms with Gasteiger partial charge in [0, 0.05) is 4.70 Å². The van der Waals surface area contributed by atoms with Gasteiger partial charge in [0.1, 0.15) is 0 Å². The molecule has 0 fully saturated rings. The van der Waals surface area contributed by atoms with Crippen LogP contribution in [-0.2, 0) is 0 Å². The standard InChI is InChI=1S/C19H15NS/c20-18(17-7-3-6-14-10-11-21-19(14)17)16-9-8-13-4-1-2-5-15(13)12-16/h1-12,18H,20H2. The van der Waals surface area contributed by atoms with Gasteiger partial charge < -0.3 is 5.73 Å². The summed E-state index contributed by atoms with van der Waals surface area (Å²) in [5, 5.41) is 5.89.